The molecular weight excluding hydrogens is 412 g/mol. The highest BCUT2D eigenvalue weighted by Crippen LogP contribution is 2.41. The van der Waals surface area contributed by atoms with Gasteiger partial charge in [-0.05, 0) is 80.8 Å². The molecule has 0 saturated carbocycles. The van der Waals surface area contributed by atoms with Gasteiger partial charge in [0.2, 0.25) is 0 Å². The van der Waals surface area contributed by atoms with Crippen molar-refractivity contribution in [3.8, 4) is 5.75 Å². The number of cyclic esters (lactones) is 1. The first-order valence-corrected chi connectivity index (χ1v) is 12.0. The Hall–Kier alpha value is -2.59. The number of hydrogen-bond donors (Lipinski definition) is 1. The molecule has 0 spiro atoms. The minimum absolute atomic E-state index is 0.0898. The molecule has 0 aliphatic carbocycles. The molecule has 2 aromatic carbocycles. The molecule has 1 heterocycles. The maximum atomic E-state index is 11.3. The number of hydrogen-bond acceptors (Lipinski definition) is 4. The van der Waals surface area contributed by atoms with Gasteiger partial charge >= 0.3 is 5.97 Å². The lowest BCUT2D eigenvalue weighted by Gasteiger charge is -2.34. The van der Waals surface area contributed by atoms with Crippen LogP contribution in [0.1, 0.15) is 81.2 Å². The molecule has 4 nitrogen and oxygen atoms in total. The fraction of sp³-hybridized carbons (Fsp3) is 0.483. The van der Waals surface area contributed by atoms with Gasteiger partial charge in [0.1, 0.15) is 18.5 Å². The molecule has 1 aliphatic rings. The van der Waals surface area contributed by atoms with Gasteiger partial charge in [0.15, 0.2) is 0 Å². The Kier molecular flexibility index (Phi) is 7.69. The zero-order valence-corrected chi connectivity index (χ0v) is 20.9. The first-order chi connectivity index (χ1) is 15.6. The maximum Gasteiger partial charge on any atom is 0.306 e. The molecule has 178 valence electrons. The van der Waals surface area contributed by atoms with Crippen LogP contribution in [-0.2, 0) is 14.9 Å². The Morgan fingerprint density at radius 3 is 2.21 bits per heavy atom. The largest absolute Gasteiger partial charge is 0.489 e. The number of aliphatic hydroxyl groups is 1. The molecule has 4 heteroatoms. The highest BCUT2D eigenvalue weighted by Gasteiger charge is 2.31. The van der Waals surface area contributed by atoms with E-state index in [0.717, 1.165) is 36.1 Å². The molecule has 1 saturated heterocycles. The van der Waals surface area contributed by atoms with Gasteiger partial charge in [0, 0.05) is 11.8 Å². The Morgan fingerprint density at radius 2 is 1.70 bits per heavy atom. The van der Waals surface area contributed by atoms with Crippen LogP contribution < -0.4 is 4.74 Å². The highest BCUT2D eigenvalue weighted by atomic mass is 16.6. The van der Waals surface area contributed by atoms with Crippen LogP contribution in [0.15, 0.2) is 42.5 Å². The minimum Gasteiger partial charge on any atom is -0.489 e. The molecule has 0 radical (unpaired) electrons. The van der Waals surface area contributed by atoms with E-state index in [1.165, 1.54) is 16.7 Å². The molecule has 2 aromatic rings. The van der Waals surface area contributed by atoms with Crippen LogP contribution in [0, 0.1) is 13.8 Å². The molecule has 0 aromatic heterocycles. The Bertz CT molecular complexity index is 1010. The fourth-order valence-electron chi connectivity index (χ4n) is 4.68. The summed E-state index contributed by atoms with van der Waals surface area (Å²) in [6.07, 6.45) is 6.86. The highest BCUT2D eigenvalue weighted by molar-refractivity contribution is 5.71. The Morgan fingerprint density at radius 1 is 1.06 bits per heavy atom. The van der Waals surface area contributed by atoms with Crippen LogP contribution in [0.3, 0.4) is 0 Å². The van der Waals surface area contributed by atoms with E-state index in [2.05, 4.69) is 64.1 Å². The van der Waals surface area contributed by atoms with Crippen molar-refractivity contribution >= 4 is 12.0 Å². The van der Waals surface area contributed by atoms with Gasteiger partial charge in [-0.25, -0.2) is 0 Å². The predicted molar refractivity (Wildman–Crippen MR) is 134 cm³/mol. The molecule has 1 fully saturated rings. The average molecular weight is 451 g/mol. The monoisotopic (exact) mass is 450 g/mol. The van der Waals surface area contributed by atoms with Gasteiger partial charge in [-0.2, -0.15) is 0 Å². The molecule has 0 unspecified atom stereocenters. The van der Waals surface area contributed by atoms with E-state index >= 15 is 0 Å². The van der Waals surface area contributed by atoms with E-state index in [9.17, 15) is 9.90 Å². The second-order valence-electron chi connectivity index (χ2n) is 9.79. The molecule has 1 atom stereocenters. The van der Waals surface area contributed by atoms with Gasteiger partial charge in [-0.3, -0.25) is 4.79 Å². The van der Waals surface area contributed by atoms with E-state index in [-0.39, 0.29) is 17.5 Å². The van der Waals surface area contributed by atoms with Crippen molar-refractivity contribution in [2.24, 2.45) is 0 Å². The third-order valence-electron chi connectivity index (χ3n) is 6.82. The number of esters is 1. The summed E-state index contributed by atoms with van der Waals surface area (Å²) in [5.41, 5.74) is 5.07. The minimum atomic E-state index is -0.831. The van der Waals surface area contributed by atoms with Crippen molar-refractivity contribution in [1.29, 1.82) is 0 Å². The van der Waals surface area contributed by atoms with Crippen LogP contribution in [0.25, 0.3) is 6.08 Å². The van der Waals surface area contributed by atoms with Crippen LogP contribution in [0.5, 0.6) is 5.75 Å². The standard InChI is InChI=1S/C29H38O4/c1-7-29(8-2,23-10-9-22(20(3)17-23)15-16-28(5,6)31)24-11-13-26(21(4)18-24)32-19-25-12-14-27(30)33-25/h9-11,13,15-18,25,31H,7-8,12,14,19H2,1-6H3/t25-/m0/s1. The summed E-state index contributed by atoms with van der Waals surface area (Å²) >= 11 is 0. The van der Waals surface area contributed by atoms with Crippen LogP contribution >= 0.6 is 0 Å². The molecule has 0 amide bonds. The van der Waals surface area contributed by atoms with Gasteiger partial charge in [0.25, 0.3) is 0 Å². The van der Waals surface area contributed by atoms with Crippen LogP contribution in [0.2, 0.25) is 0 Å². The predicted octanol–water partition coefficient (Wildman–Crippen LogP) is 6.28. The zero-order chi connectivity index (χ0) is 24.2. The second kappa shape index (κ2) is 10.1. The average Bonchev–Trinajstić information content (AvgIpc) is 3.18. The van der Waals surface area contributed by atoms with Crippen molar-refractivity contribution in [1.82, 2.24) is 0 Å². The Labute approximate surface area is 198 Å². The quantitative estimate of drug-likeness (QED) is 0.457. The second-order valence-corrected chi connectivity index (χ2v) is 9.79. The number of ether oxygens (including phenoxy) is 2. The summed E-state index contributed by atoms with van der Waals surface area (Å²) in [6, 6.07) is 13.1. The van der Waals surface area contributed by atoms with E-state index in [4.69, 9.17) is 9.47 Å². The van der Waals surface area contributed by atoms with E-state index < -0.39 is 5.60 Å². The number of benzene rings is 2. The summed E-state index contributed by atoms with van der Waals surface area (Å²) in [5, 5.41) is 10.0. The number of carbonyl (C=O) groups excluding carboxylic acids is 1. The third-order valence-corrected chi connectivity index (χ3v) is 6.82. The smallest absolute Gasteiger partial charge is 0.306 e. The summed E-state index contributed by atoms with van der Waals surface area (Å²) in [7, 11) is 0. The normalized spacial score (nSPS) is 16.9. The van der Waals surface area contributed by atoms with Gasteiger partial charge in [-0.15, -0.1) is 0 Å². The zero-order valence-electron chi connectivity index (χ0n) is 20.9. The molecule has 1 aliphatic heterocycles. The Balaban J connectivity index is 1.86. The van der Waals surface area contributed by atoms with E-state index in [0.29, 0.717) is 13.0 Å². The van der Waals surface area contributed by atoms with E-state index in [1.54, 1.807) is 13.8 Å². The number of aryl methyl sites for hydroxylation is 2. The van der Waals surface area contributed by atoms with Crippen molar-refractivity contribution in [3.63, 3.8) is 0 Å². The summed E-state index contributed by atoms with van der Waals surface area (Å²) in [6.45, 7) is 12.7. The van der Waals surface area contributed by atoms with E-state index in [1.807, 2.05) is 12.2 Å². The van der Waals surface area contributed by atoms with Gasteiger partial charge in [0.05, 0.1) is 5.60 Å². The first-order valence-electron chi connectivity index (χ1n) is 12.0. The maximum absolute atomic E-state index is 11.3. The van der Waals surface area contributed by atoms with Crippen molar-refractivity contribution in [2.75, 3.05) is 6.61 Å². The third kappa shape index (κ3) is 5.86. The fourth-order valence-corrected chi connectivity index (χ4v) is 4.68. The topological polar surface area (TPSA) is 55.8 Å². The number of rotatable bonds is 9. The molecule has 33 heavy (non-hydrogen) atoms. The molecule has 1 N–H and O–H groups in total. The summed E-state index contributed by atoms with van der Waals surface area (Å²) in [4.78, 5) is 11.3. The molecule has 0 bridgehead atoms. The van der Waals surface area contributed by atoms with Crippen molar-refractivity contribution in [3.05, 3.63) is 70.3 Å². The van der Waals surface area contributed by atoms with Gasteiger partial charge < -0.3 is 14.6 Å². The lowest BCUT2D eigenvalue weighted by Crippen LogP contribution is -2.26. The lowest BCUT2D eigenvalue weighted by molar-refractivity contribution is -0.142. The first kappa shape index (κ1) is 25.0. The van der Waals surface area contributed by atoms with Crippen LogP contribution in [0.4, 0.5) is 0 Å². The summed E-state index contributed by atoms with van der Waals surface area (Å²) < 4.78 is 11.3. The molecule has 3 rings (SSSR count). The SMILES string of the molecule is CCC(CC)(c1ccc(C=CC(C)(C)O)c(C)c1)c1ccc(OC[C@@H]2CCC(=O)O2)c(C)c1. The number of carbonyl (C=O) groups is 1. The lowest BCUT2D eigenvalue weighted by atomic mass is 9.70. The van der Waals surface area contributed by atoms with Gasteiger partial charge in [-0.1, -0.05) is 56.3 Å². The van der Waals surface area contributed by atoms with Crippen molar-refractivity contribution < 1.29 is 19.4 Å². The van der Waals surface area contributed by atoms with Crippen LogP contribution in [-0.4, -0.2) is 29.4 Å². The summed E-state index contributed by atoms with van der Waals surface area (Å²) in [5.74, 6) is 0.703. The van der Waals surface area contributed by atoms with Crippen molar-refractivity contribution in [2.45, 2.75) is 84.3 Å². The molecular formula is C29H38O4.